The van der Waals surface area contributed by atoms with Crippen LogP contribution in [0.5, 0.6) is 0 Å². The average Bonchev–Trinajstić information content (AvgIpc) is 2.75. The number of hydrogen-bond donors (Lipinski definition) is 0. The van der Waals surface area contributed by atoms with Crippen LogP contribution in [0.25, 0.3) is 0 Å². The summed E-state index contributed by atoms with van der Waals surface area (Å²) in [7, 11) is 0. The van der Waals surface area contributed by atoms with Gasteiger partial charge in [0.15, 0.2) is 5.78 Å². The summed E-state index contributed by atoms with van der Waals surface area (Å²) in [6, 6.07) is 11.6. The Balaban J connectivity index is 2.09. The molecule has 1 nitrogen and oxygen atoms in total. The Bertz CT molecular complexity index is 540. The first-order valence-electron chi connectivity index (χ1n) is 5.93. The van der Waals surface area contributed by atoms with Crippen LogP contribution in [-0.2, 0) is 6.42 Å². The van der Waals surface area contributed by atoms with E-state index in [0.717, 1.165) is 14.8 Å². The summed E-state index contributed by atoms with van der Waals surface area (Å²) in [6.07, 6.45) is 0.429. The molecule has 0 N–H and O–H groups in total. The summed E-state index contributed by atoms with van der Waals surface area (Å²) in [5, 5.41) is 0. The zero-order valence-corrected chi connectivity index (χ0v) is 12.0. The van der Waals surface area contributed by atoms with Crippen LogP contribution in [0.3, 0.4) is 0 Å². The van der Waals surface area contributed by atoms with Gasteiger partial charge in [-0.1, -0.05) is 49.7 Å². The van der Waals surface area contributed by atoms with Crippen LogP contribution in [0.1, 0.15) is 40.6 Å². The molecule has 0 spiro atoms. The number of hydrogen-bond acceptors (Lipinski definition) is 2. The van der Waals surface area contributed by atoms with Gasteiger partial charge in [-0.2, -0.15) is 0 Å². The Kier molecular flexibility index (Phi) is 4.20. The van der Waals surface area contributed by atoms with E-state index in [1.807, 2.05) is 36.4 Å². The van der Waals surface area contributed by atoms with E-state index in [2.05, 4.69) is 13.8 Å². The second-order valence-electron chi connectivity index (χ2n) is 4.58. The molecule has 0 aliphatic heterocycles. The largest absolute Gasteiger partial charge is 0.294 e. The summed E-state index contributed by atoms with van der Waals surface area (Å²) in [5.74, 6) is 0.633. The molecule has 0 fully saturated rings. The van der Waals surface area contributed by atoms with Gasteiger partial charge < -0.3 is 0 Å². The van der Waals surface area contributed by atoms with Gasteiger partial charge in [0.05, 0.1) is 4.34 Å². The van der Waals surface area contributed by atoms with Crippen molar-refractivity contribution in [3.63, 3.8) is 0 Å². The van der Waals surface area contributed by atoms with Crippen LogP contribution < -0.4 is 0 Å². The standard InChI is InChI=1S/C15H15ClOS/c1-10(2)11-3-5-12(6-4-11)14(17)9-13-7-8-15(16)18-13/h3-8,10H,9H2,1-2H3. The molecule has 0 aliphatic carbocycles. The highest BCUT2D eigenvalue weighted by Crippen LogP contribution is 2.23. The number of halogens is 1. The summed E-state index contributed by atoms with van der Waals surface area (Å²) in [4.78, 5) is 13.1. The number of carbonyl (C=O) groups excluding carboxylic acids is 1. The van der Waals surface area contributed by atoms with Crippen molar-refractivity contribution in [2.45, 2.75) is 26.2 Å². The molecule has 0 atom stereocenters. The lowest BCUT2D eigenvalue weighted by Crippen LogP contribution is -2.02. The summed E-state index contributed by atoms with van der Waals surface area (Å²) < 4.78 is 0.730. The molecule has 1 aromatic heterocycles. The Morgan fingerprint density at radius 2 is 1.83 bits per heavy atom. The van der Waals surface area contributed by atoms with E-state index in [1.54, 1.807) is 0 Å². The number of rotatable bonds is 4. The number of thiophene rings is 1. The monoisotopic (exact) mass is 278 g/mol. The van der Waals surface area contributed by atoms with E-state index in [1.165, 1.54) is 16.9 Å². The van der Waals surface area contributed by atoms with Gasteiger partial charge in [0, 0.05) is 16.9 Å². The Morgan fingerprint density at radius 1 is 1.17 bits per heavy atom. The Morgan fingerprint density at radius 3 is 2.33 bits per heavy atom. The maximum atomic E-state index is 12.1. The third kappa shape index (κ3) is 3.21. The van der Waals surface area contributed by atoms with Crippen LogP contribution in [-0.4, -0.2) is 5.78 Å². The zero-order valence-electron chi connectivity index (χ0n) is 10.4. The van der Waals surface area contributed by atoms with Crippen molar-refractivity contribution in [1.82, 2.24) is 0 Å². The van der Waals surface area contributed by atoms with E-state index in [0.29, 0.717) is 12.3 Å². The number of Topliss-reactive ketones (excluding diaryl/α,β-unsaturated/α-hetero) is 1. The van der Waals surface area contributed by atoms with Crippen LogP contribution in [0, 0.1) is 0 Å². The molecular weight excluding hydrogens is 264 g/mol. The van der Waals surface area contributed by atoms with E-state index < -0.39 is 0 Å². The smallest absolute Gasteiger partial charge is 0.168 e. The average molecular weight is 279 g/mol. The molecule has 1 heterocycles. The predicted molar refractivity (Wildman–Crippen MR) is 77.9 cm³/mol. The minimum Gasteiger partial charge on any atom is -0.294 e. The van der Waals surface area contributed by atoms with Gasteiger partial charge in [-0.05, 0) is 23.6 Å². The Labute approximate surface area is 116 Å². The maximum absolute atomic E-state index is 12.1. The molecule has 0 aliphatic rings. The predicted octanol–water partition coefficient (Wildman–Crippen LogP) is 4.95. The molecule has 0 amide bonds. The molecule has 0 unspecified atom stereocenters. The maximum Gasteiger partial charge on any atom is 0.168 e. The summed E-state index contributed by atoms with van der Waals surface area (Å²) in [5.41, 5.74) is 2.02. The van der Waals surface area contributed by atoms with Gasteiger partial charge in [0.25, 0.3) is 0 Å². The van der Waals surface area contributed by atoms with E-state index in [4.69, 9.17) is 11.6 Å². The van der Waals surface area contributed by atoms with Crippen LogP contribution in [0.2, 0.25) is 4.34 Å². The number of carbonyl (C=O) groups is 1. The topological polar surface area (TPSA) is 17.1 Å². The second-order valence-corrected chi connectivity index (χ2v) is 6.38. The molecule has 0 radical (unpaired) electrons. The van der Waals surface area contributed by atoms with E-state index in [9.17, 15) is 4.79 Å². The van der Waals surface area contributed by atoms with Crippen molar-refractivity contribution in [2.24, 2.45) is 0 Å². The molecular formula is C15H15ClOS. The number of ketones is 1. The lowest BCUT2D eigenvalue weighted by atomic mass is 9.99. The molecule has 0 bridgehead atoms. The molecule has 0 saturated heterocycles. The fourth-order valence-electron chi connectivity index (χ4n) is 1.76. The van der Waals surface area contributed by atoms with Crippen molar-refractivity contribution in [3.8, 4) is 0 Å². The molecule has 94 valence electrons. The van der Waals surface area contributed by atoms with E-state index in [-0.39, 0.29) is 5.78 Å². The van der Waals surface area contributed by atoms with Gasteiger partial charge in [-0.25, -0.2) is 0 Å². The van der Waals surface area contributed by atoms with E-state index >= 15 is 0 Å². The van der Waals surface area contributed by atoms with Crippen LogP contribution in [0.15, 0.2) is 36.4 Å². The summed E-state index contributed by atoms with van der Waals surface area (Å²) in [6.45, 7) is 4.29. The van der Waals surface area contributed by atoms with Gasteiger partial charge in [0.1, 0.15) is 0 Å². The SMILES string of the molecule is CC(C)c1ccc(C(=O)Cc2ccc(Cl)s2)cc1. The third-order valence-corrected chi connectivity index (χ3v) is 4.09. The molecule has 1 aromatic carbocycles. The van der Waals surface area contributed by atoms with Crippen LogP contribution in [0.4, 0.5) is 0 Å². The first-order valence-corrected chi connectivity index (χ1v) is 7.13. The first-order chi connectivity index (χ1) is 8.56. The highest BCUT2D eigenvalue weighted by Gasteiger charge is 2.09. The van der Waals surface area contributed by atoms with Gasteiger partial charge in [0.2, 0.25) is 0 Å². The second kappa shape index (κ2) is 5.68. The van der Waals surface area contributed by atoms with Crippen LogP contribution >= 0.6 is 22.9 Å². The van der Waals surface area contributed by atoms with Gasteiger partial charge in [-0.15, -0.1) is 11.3 Å². The van der Waals surface area contributed by atoms with Crippen molar-refractivity contribution < 1.29 is 4.79 Å². The highest BCUT2D eigenvalue weighted by molar-refractivity contribution is 7.16. The quantitative estimate of drug-likeness (QED) is 0.723. The summed E-state index contributed by atoms with van der Waals surface area (Å²) >= 11 is 7.32. The first kappa shape index (κ1) is 13.3. The normalized spacial score (nSPS) is 10.9. The zero-order chi connectivity index (χ0) is 13.1. The number of benzene rings is 1. The van der Waals surface area contributed by atoms with Gasteiger partial charge in [-0.3, -0.25) is 4.79 Å². The van der Waals surface area contributed by atoms with Crippen molar-refractivity contribution >= 4 is 28.7 Å². The molecule has 3 heteroatoms. The molecule has 0 saturated carbocycles. The van der Waals surface area contributed by atoms with Crippen molar-refractivity contribution in [1.29, 1.82) is 0 Å². The highest BCUT2D eigenvalue weighted by atomic mass is 35.5. The minimum absolute atomic E-state index is 0.142. The van der Waals surface area contributed by atoms with Crippen molar-refractivity contribution in [3.05, 3.63) is 56.7 Å². The lowest BCUT2D eigenvalue weighted by molar-refractivity contribution is 0.0994. The fourth-order valence-corrected chi connectivity index (χ4v) is 2.85. The van der Waals surface area contributed by atoms with Crippen molar-refractivity contribution in [2.75, 3.05) is 0 Å². The minimum atomic E-state index is 0.142. The third-order valence-electron chi connectivity index (χ3n) is 2.86. The van der Waals surface area contributed by atoms with Gasteiger partial charge >= 0.3 is 0 Å². The molecule has 2 aromatic rings. The lowest BCUT2D eigenvalue weighted by Gasteiger charge is -2.06. The molecule has 18 heavy (non-hydrogen) atoms. The fraction of sp³-hybridized carbons (Fsp3) is 0.267. The molecule has 2 rings (SSSR count). The Hall–Kier alpha value is -1.12.